The van der Waals surface area contributed by atoms with Crippen molar-refractivity contribution >= 4 is 45.0 Å². The fourth-order valence-electron chi connectivity index (χ4n) is 1.78. The Hall–Kier alpha value is -1.07. The first-order valence-corrected chi connectivity index (χ1v) is 6.76. The van der Waals surface area contributed by atoms with Crippen LogP contribution in [0.1, 0.15) is 12.8 Å². The second-order valence-electron chi connectivity index (χ2n) is 4.15. The molecule has 2 amide bonds. The van der Waals surface area contributed by atoms with E-state index in [-0.39, 0.29) is 17.7 Å². The molecule has 1 heterocycles. The largest absolute Gasteiger partial charge is 0.355 e. The minimum atomic E-state index is -0.176. The number of anilines is 1. The number of hydrogen-bond acceptors (Lipinski definition) is 2. The van der Waals surface area contributed by atoms with Crippen LogP contribution >= 0.6 is 27.5 Å². The molecule has 0 spiro atoms. The van der Waals surface area contributed by atoms with Gasteiger partial charge in [-0.05, 0) is 40.5 Å². The zero-order chi connectivity index (χ0) is 13.1. The molecule has 0 saturated carbocycles. The lowest BCUT2D eigenvalue weighted by Crippen LogP contribution is -2.40. The van der Waals surface area contributed by atoms with Gasteiger partial charge in [0.25, 0.3) is 0 Å². The zero-order valence-corrected chi connectivity index (χ0v) is 11.8. The second-order valence-corrected chi connectivity index (χ2v) is 5.44. The van der Waals surface area contributed by atoms with Crippen LogP contribution < -0.4 is 10.6 Å². The van der Waals surface area contributed by atoms with E-state index in [1.165, 1.54) is 0 Å². The molecule has 1 unspecified atom stereocenters. The van der Waals surface area contributed by atoms with Crippen LogP contribution in [-0.2, 0) is 9.59 Å². The summed E-state index contributed by atoms with van der Waals surface area (Å²) in [7, 11) is 0. The SMILES string of the molecule is O=C1CCC(C(=O)Nc2ccc(Cl)cc2Br)CN1. The Morgan fingerprint density at radius 3 is 2.89 bits per heavy atom. The van der Waals surface area contributed by atoms with Gasteiger partial charge in [0.15, 0.2) is 0 Å². The van der Waals surface area contributed by atoms with Gasteiger partial charge in [0.05, 0.1) is 11.6 Å². The molecule has 1 aromatic carbocycles. The fraction of sp³-hybridized carbons (Fsp3) is 0.333. The average molecular weight is 332 g/mol. The van der Waals surface area contributed by atoms with Gasteiger partial charge in [0, 0.05) is 22.5 Å². The van der Waals surface area contributed by atoms with Crippen molar-refractivity contribution in [3.63, 3.8) is 0 Å². The van der Waals surface area contributed by atoms with Crippen LogP contribution in [0.15, 0.2) is 22.7 Å². The molecule has 18 heavy (non-hydrogen) atoms. The maximum absolute atomic E-state index is 12.0. The van der Waals surface area contributed by atoms with Gasteiger partial charge in [-0.1, -0.05) is 11.6 Å². The molecule has 96 valence electrons. The third kappa shape index (κ3) is 3.23. The van der Waals surface area contributed by atoms with E-state index in [9.17, 15) is 9.59 Å². The van der Waals surface area contributed by atoms with Crippen LogP contribution in [-0.4, -0.2) is 18.4 Å². The highest BCUT2D eigenvalue weighted by molar-refractivity contribution is 9.10. The Balaban J connectivity index is 2.00. The monoisotopic (exact) mass is 330 g/mol. The van der Waals surface area contributed by atoms with E-state index < -0.39 is 0 Å². The lowest BCUT2D eigenvalue weighted by Gasteiger charge is -2.21. The van der Waals surface area contributed by atoms with Crippen molar-refractivity contribution in [2.24, 2.45) is 5.92 Å². The fourth-order valence-corrected chi connectivity index (χ4v) is 2.56. The molecule has 6 heteroatoms. The van der Waals surface area contributed by atoms with Crippen LogP contribution in [0.4, 0.5) is 5.69 Å². The van der Waals surface area contributed by atoms with E-state index in [4.69, 9.17) is 11.6 Å². The summed E-state index contributed by atoms with van der Waals surface area (Å²) in [4.78, 5) is 23.0. The van der Waals surface area contributed by atoms with Gasteiger partial charge in [-0.3, -0.25) is 9.59 Å². The van der Waals surface area contributed by atoms with Crippen molar-refractivity contribution in [2.45, 2.75) is 12.8 Å². The summed E-state index contributed by atoms with van der Waals surface area (Å²) in [5.41, 5.74) is 0.682. The first-order valence-electron chi connectivity index (χ1n) is 5.59. The summed E-state index contributed by atoms with van der Waals surface area (Å²) in [5.74, 6) is -0.255. The van der Waals surface area contributed by atoms with E-state index in [0.29, 0.717) is 30.1 Å². The molecule has 0 aromatic heterocycles. The molecule has 4 nitrogen and oxygen atoms in total. The van der Waals surface area contributed by atoms with Crippen molar-refractivity contribution in [3.05, 3.63) is 27.7 Å². The number of hydrogen-bond donors (Lipinski definition) is 2. The number of benzene rings is 1. The molecule has 1 aromatic rings. The van der Waals surface area contributed by atoms with Crippen molar-refractivity contribution in [2.75, 3.05) is 11.9 Å². The quantitative estimate of drug-likeness (QED) is 0.875. The number of carbonyl (C=O) groups excluding carboxylic acids is 2. The predicted molar refractivity (Wildman–Crippen MR) is 73.5 cm³/mol. The van der Waals surface area contributed by atoms with E-state index >= 15 is 0 Å². The Kier molecular flexibility index (Phi) is 4.24. The summed E-state index contributed by atoms with van der Waals surface area (Å²) in [6, 6.07) is 5.18. The molecule has 2 N–H and O–H groups in total. The number of amides is 2. The van der Waals surface area contributed by atoms with Crippen LogP contribution in [0, 0.1) is 5.92 Å². The minimum absolute atomic E-state index is 0.00623. The lowest BCUT2D eigenvalue weighted by atomic mass is 9.98. The highest BCUT2D eigenvalue weighted by Gasteiger charge is 2.24. The smallest absolute Gasteiger partial charge is 0.229 e. The van der Waals surface area contributed by atoms with Gasteiger partial charge in [-0.25, -0.2) is 0 Å². The van der Waals surface area contributed by atoms with Crippen molar-refractivity contribution in [1.82, 2.24) is 5.32 Å². The molecule has 2 rings (SSSR count). The Morgan fingerprint density at radius 1 is 1.50 bits per heavy atom. The van der Waals surface area contributed by atoms with Crippen LogP contribution in [0.25, 0.3) is 0 Å². The molecule has 0 radical (unpaired) electrons. The Morgan fingerprint density at radius 2 is 2.28 bits per heavy atom. The molecule has 1 aliphatic rings. The highest BCUT2D eigenvalue weighted by Crippen LogP contribution is 2.26. The predicted octanol–water partition coefficient (Wildman–Crippen LogP) is 2.57. The van der Waals surface area contributed by atoms with E-state index in [2.05, 4.69) is 26.6 Å². The minimum Gasteiger partial charge on any atom is -0.355 e. The highest BCUT2D eigenvalue weighted by atomic mass is 79.9. The van der Waals surface area contributed by atoms with Gasteiger partial charge in [-0.15, -0.1) is 0 Å². The molecule has 1 fully saturated rings. The van der Waals surface area contributed by atoms with Gasteiger partial charge >= 0.3 is 0 Å². The number of carbonyl (C=O) groups is 2. The third-order valence-electron chi connectivity index (χ3n) is 2.83. The summed E-state index contributed by atoms with van der Waals surface area (Å²) in [6.07, 6.45) is 0.989. The molecule has 0 bridgehead atoms. The second kappa shape index (κ2) is 5.71. The van der Waals surface area contributed by atoms with Gasteiger partial charge in [0.2, 0.25) is 11.8 Å². The molecule has 1 saturated heterocycles. The van der Waals surface area contributed by atoms with E-state index in [1.807, 2.05) is 0 Å². The first-order chi connectivity index (χ1) is 8.56. The molecule has 1 aliphatic heterocycles. The number of nitrogens with one attached hydrogen (secondary N) is 2. The first kappa shape index (κ1) is 13.4. The average Bonchev–Trinajstić information content (AvgIpc) is 2.33. The Labute approximate surface area is 118 Å². The maximum atomic E-state index is 12.0. The van der Waals surface area contributed by atoms with Crippen LogP contribution in [0.5, 0.6) is 0 Å². The van der Waals surface area contributed by atoms with Crippen molar-refractivity contribution in [1.29, 1.82) is 0 Å². The number of piperidine rings is 1. The summed E-state index contributed by atoms with van der Waals surface area (Å²) < 4.78 is 0.739. The summed E-state index contributed by atoms with van der Waals surface area (Å²) >= 11 is 9.17. The lowest BCUT2D eigenvalue weighted by molar-refractivity contribution is -0.126. The van der Waals surface area contributed by atoms with Crippen molar-refractivity contribution < 1.29 is 9.59 Å². The molecular weight excluding hydrogens is 320 g/mol. The van der Waals surface area contributed by atoms with E-state index in [1.54, 1.807) is 18.2 Å². The summed E-state index contributed by atoms with van der Waals surface area (Å²) in [6.45, 7) is 0.399. The van der Waals surface area contributed by atoms with Crippen LogP contribution in [0.3, 0.4) is 0 Å². The van der Waals surface area contributed by atoms with Crippen molar-refractivity contribution in [3.8, 4) is 0 Å². The van der Waals surface area contributed by atoms with E-state index in [0.717, 1.165) is 4.47 Å². The van der Waals surface area contributed by atoms with Crippen LogP contribution in [0.2, 0.25) is 5.02 Å². The van der Waals surface area contributed by atoms with Gasteiger partial charge in [0.1, 0.15) is 0 Å². The molecular formula is C12H12BrClN2O2. The third-order valence-corrected chi connectivity index (χ3v) is 3.72. The summed E-state index contributed by atoms with van der Waals surface area (Å²) in [5, 5.41) is 6.12. The number of halogens is 2. The normalized spacial score (nSPS) is 19.2. The standard InChI is InChI=1S/C12H12BrClN2O2/c13-9-5-8(14)2-3-10(9)16-12(18)7-1-4-11(17)15-6-7/h2-3,5,7H,1,4,6H2,(H,15,17)(H,16,18). The number of rotatable bonds is 2. The molecule has 1 atom stereocenters. The van der Waals surface area contributed by atoms with Gasteiger partial charge in [-0.2, -0.15) is 0 Å². The topological polar surface area (TPSA) is 58.2 Å². The zero-order valence-electron chi connectivity index (χ0n) is 9.50. The maximum Gasteiger partial charge on any atom is 0.229 e. The Bertz CT molecular complexity index is 483. The van der Waals surface area contributed by atoms with Gasteiger partial charge < -0.3 is 10.6 Å². The molecule has 0 aliphatic carbocycles.